The third-order valence-electron chi connectivity index (χ3n) is 5.74. The molecular formula is C26H23FN2O7S. The number of fused-ring (bicyclic) bond motifs is 1. The van der Waals surface area contributed by atoms with E-state index >= 15 is 0 Å². The molecule has 3 aromatic carbocycles. The van der Waals surface area contributed by atoms with Gasteiger partial charge in [-0.2, -0.15) is 0 Å². The molecule has 0 bridgehead atoms. The highest BCUT2D eigenvalue weighted by Gasteiger charge is 2.26. The monoisotopic (exact) mass is 526 g/mol. The molecule has 9 nitrogen and oxygen atoms in total. The van der Waals surface area contributed by atoms with Gasteiger partial charge in [0, 0.05) is 31.1 Å². The van der Waals surface area contributed by atoms with Gasteiger partial charge < -0.3 is 19.6 Å². The number of aromatic carboxylic acids is 1. The molecule has 0 spiro atoms. The molecular weight excluding hydrogens is 503 g/mol. The van der Waals surface area contributed by atoms with E-state index in [0.717, 1.165) is 10.6 Å². The van der Waals surface area contributed by atoms with E-state index < -0.39 is 27.7 Å². The molecule has 0 saturated heterocycles. The van der Waals surface area contributed by atoms with Crippen molar-refractivity contribution in [2.45, 2.75) is 6.61 Å². The zero-order valence-electron chi connectivity index (χ0n) is 20.1. The van der Waals surface area contributed by atoms with Crippen LogP contribution in [0.1, 0.15) is 26.3 Å². The van der Waals surface area contributed by atoms with Crippen LogP contribution in [0.4, 0.5) is 10.1 Å². The van der Waals surface area contributed by atoms with Gasteiger partial charge in [0.2, 0.25) is 10.0 Å². The number of hydrogen-bond acceptors (Lipinski definition) is 6. The highest BCUT2D eigenvalue weighted by atomic mass is 32.2. The molecule has 11 heteroatoms. The molecule has 0 aliphatic heterocycles. The third-order valence-corrected chi connectivity index (χ3v) is 6.93. The minimum absolute atomic E-state index is 0.0742. The van der Waals surface area contributed by atoms with E-state index in [9.17, 15) is 27.5 Å². The fraction of sp³-hybridized carbons (Fsp3) is 0.154. The van der Waals surface area contributed by atoms with Gasteiger partial charge in [0.25, 0.3) is 5.91 Å². The number of rotatable bonds is 8. The van der Waals surface area contributed by atoms with Crippen LogP contribution in [0, 0.1) is 5.82 Å². The summed E-state index contributed by atoms with van der Waals surface area (Å²) in [4.78, 5) is 24.2. The molecule has 0 fully saturated rings. The maximum atomic E-state index is 13.5. The normalized spacial score (nSPS) is 11.4. The van der Waals surface area contributed by atoms with E-state index in [0.29, 0.717) is 16.5 Å². The van der Waals surface area contributed by atoms with Gasteiger partial charge >= 0.3 is 5.97 Å². The fourth-order valence-electron chi connectivity index (χ4n) is 3.76. The number of nitrogens with one attached hydrogen (secondary N) is 1. The summed E-state index contributed by atoms with van der Waals surface area (Å²) in [6, 6.07) is 14.5. The second-order valence-corrected chi connectivity index (χ2v) is 10.2. The molecule has 0 aliphatic rings. The number of carbonyl (C=O) groups excluding carboxylic acids is 1. The van der Waals surface area contributed by atoms with Crippen LogP contribution in [-0.4, -0.2) is 45.8 Å². The summed E-state index contributed by atoms with van der Waals surface area (Å²) in [5.74, 6) is -1.72. The number of benzene rings is 3. The van der Waals surface area contributed by atoms with Crippen molar-refractivity contribution in [3.63, 3.8) is 0 Å². The van der Waals surface area contributed by atoms with Crippen molar-refractivity contribution >= 4 is 38.6 Å². The number of carboxylic acid groups (broad SMARTS) is 1. The lowest BCUT2D eigenvalue weighted by Crippen LogP contribution is -2.25. The molecule has 0 atom stereocenters. The topological polar surface area (TPSA) is 126 Å². The largest absolute Gasteiger partial charge is 0.487 e. The summed E-state index contributed by atoms with van der Waals surface area (Å²) in [5.41, 5.74) is 1.58. The van der Waals surface area contributed by atoms with Crippen molar-refractivity contribution in [2.24, 2.45) is 0 Å². The summed E-state index contributed by atoms with van der Waals surface area (Å²) in [6.07, 6.45) is 1.03. The van der Waals surface area contributed by atoms with Crippen LogP contribution in [0.25, 0.3) is 22.3 Å². The molecule has 0 radical (unpaired) electrons. The molecule has 4 aromatic rings. The summed E-state index contributed by atoms with van der Waals surface area (Å²) in [7, 11) is -0.918. The second kappa shape index (κ2) is 9.94. The number of furan rings is 1. The minimum Gasteiger partial charge on any atom is -0.487 e. The van der Waals surface area contributed by atoms with Gasteiger partial charge in [-0.3, -0.25) is 9.10 Å². The van der Waals surface area contributed by atoms with E-state index in [1.165, 1.54) is 62.6 Å². The quantitative estimate of drug-likeness (QED) is 0.351. The number of carboxylic acids is 1. The summed E-state index contributed by atoms with van der Waals surface area (Å²) < 4.78 is 51.2. The van der Waals surface area contributed by atoms with Crippen LogP contribution in [-0.2, 0) is 16.6 Å². The Kier molecular flexibility index (Phi) is 6.90. The second-order valence-electron chi connectivity index (χ2n) is 8.23. The number of amides is 1. The van der Waals surface area contributed by atoms with Crippen LogP contribution < -0.4 is 14.4 Å². The third kappa shape index (κ3) is 5.26. The van der Waals surface area contributed by atoms with Gasteiger partial charge in [-0.25, -0.2) is 17.6 Å². The molecule has 0 unspecified atom stereocenters. The minimum atomic E-state index is -3.72. The summed E-state index contributed by atoms with van der Waals surface area (Å²) in [6.45, 7) is -0.0742. The van der Waals surface area contributed by atoms with Crippen molar-refractivity contribution in [3.8, 4) is 17.1 Å². The smallest absolute Gasteiger partial charge is 0.335 e. The van der Waals surface area contributed by atoms with Crippen molar-refractivity contribution < 1.29 is 36.7 Å². The lowest BCUT2D eigenvalue weighted by molar-refractivity contribution is 0.0696. The Bertz CT molecular complexity index is 1610. The van der Waals surface area contributed by atoms with Gasteiger partial charge in [-0.15, -0.1) is 0 Å². The average Bonchev–Trinajstić information content (AvgIpc) is 3.24. The van der Waals surface area contributed by atoms with E-state index in [2.05, 4.69) is 5.32 Å². The van der Waals surface area contributed by atoms with E-state index in [-0.39, 0.29) is 40.5 Å². The molecule has 1 amide bonds. The molecule has 1 aromatic heterocycles. The number of carbonyl (C=O) groups is 2. The average molecular weight is 527 g/mol. The predicted octanol–water partition coefficient (Wildman–Crippen LogP) is 4.27. The first kappa shape index (κ1) is 25.7. The van der Waals surface area contributed by atoms with E-state index in [4.69, 9.17) is 9.15 Å². The summed E-state index contributed by atoms with van der Waals surface area (Å²) >= 11 is 0. The molecule has 2 N–H and O–H groups in total. The Hall–Kier alpha value is -4.38. The number of hydrogen-bond donors (Lipinski definition) is 2. The first-order valence-electron chi connectivity index (χ1n) is 11.0. The van der Waals surface area contributed by atoms with Crippen molar-refractivity contribution in [1.82, 2.24) is 5.32 Å². The fourth-order valence-corrected chi connectivity index (χ4v) is 4.26. The number of ether oxygens (including phenoxy) is 1. The summed E-state index contributed by atoms with van der Waals surface area (Å²) in [5, 5.41) is 12.2. The van der Waals surface area contributed by atoms with Gasteiger partial charge in [-0.1, -0.05) is 12.1 Å². The van der Waals surface area contributed by atoms with Crippen molar-refractivity contribution in [1.29, 1.82) is 0 Å². The van der Waals surface area contributed by atoms with Gasteiger partial charge in [0.1, 0.15) is 29.5 Å². The number of halogens is 1. The van der Waals surface area contributed by atoms with E-state index in [1.807, 2.05) is 0 Å². The Morgan fingerprint density at radius 2 is 1.81 bits per heavy atom. The maximum absolute atomic E-state index is 13.5. The molecule has 192 valence electrons. The molecule has 0 aliphatic carbocycles. The van der Waals surface area contributed by atoms with Gasteiger partial charge in [0.15, 0.2) is 0 Å². The van der Waals surface area contributed by atoms with Crippen LogP contribution in [0.15, 0.2) is 65.1 Å². The van der Waals surface area contributed by atoms with Crippen molar-refractivity contribution in [2.75, 3.05) is 24.7 Å². The van der Waals surface area contributed by atoms with Crippen molar-refractivity contribution in [3.05, 3.63) is 83.2 Å². The highest BCUT2D eigenvalue weighted by Crippen LogP contribution is 2.41. The number of sulfonamides is 1. The first-order valence-corrected chi connectivity index (χ1v) is 12.8. The molecule has 37 heavy (non-hydrogen) atoms. The predicted molar refractivity (Wildman–Crippen MR) is 136 cm³/mol. The molecule has 4 rings (SSSR count). The van der Waals surface area contributed by atoms with Crippen LogP contribution in [0.2, 0.25) is 0 Å². The SMILES string of the molecule is CNC(=O)c1c(-c2ccc(F)cc2)oc2cc(N(C)S(C)(=O)=O)c(OCc3cccc(C(=O)O)c3)cc12. The Morgan fingerprint density at radius 3 is 2.43 bits per heavy atom. The van der Waals surface area contributed by atoms with Gasteiger partial charge in [0.05, 0.1) is 23.1 Å². The zero-order valence-corrected chi connectivity index (χ0v) is 20.9. The lowest BCUT2D eigenvalue weighted by Gasteiger charge is -2.20. The molecule has 0 saturated carbocycles. The van der Waals surface area contributed by atoms with Crippen LogP contribution in [0.3, 0.4) is 0 Å². The molecule has 1 heterocycles. The maximum Gasteiger partial charge on any atom is 0.335 e. The zero-order chi connectivity index (χ0) is 26.9. The lowest BCUT2D eigenvalue weighted by atomic mass is 10.0. The highest BCUT2D eigenvalue weighted by molar-refractivity contribution is 7.92. The van der Waals surface area contributed by atoms with Crippen LogP contribution in [0.5, 0.6) is 5.75 Å². The van der Waals surface area contributed by atoms with Crippen LogP contribution >= 0.6 is 0 Å². The number of nitrogens with zero attached hydrogens (tertiary/aromatic N) is 1. The van der Waals surface area contributed by atoms with Gasteiger partial charge in [-0.05, 0) is 48.0 Å². The Morgan fingerprint density at radius 1 is 1.11 bits per heavy atom. The Balaban J connectivity index is 1.89. The number of anilines is 1. The Labute approximate surface area is 212 Å². The van der Waals surface area contributed by atoms with E-state index in [1.54, 1.807) is 12.1 Å². The standard InChI is InChI=1S/C26H23FN2O7S/c1-28-25(30)23-19-12-22(35-14-15-5-4-6-17(11-15)26(31)32)20(29(2)37(3,33)34)13-21(19)36-24(23)16-7-9-18(27)10-8-16/h4-13H,14H2,1-3H3,(H,28,30)(H,31,32). The first-order chi connectivity index (χ1) is 17.5.